The summed E-state index contributed by atoms with van der Waals surface area (Å²) in [6.07, 6.45) is 2.05. The Morgan fingerprint density at radius 2 is 1.74 bits per heavy atom. The molecule has 5 heteroatoms. The zero-order chi connectivity index (χ0) is 19.2. The van der Waals surface area contributed by atoms with Crippen molar-refractivity contribution in [1.29, 1.82) is 0 Å². The first-order valence-electron chi connectivity index (χ1n) is 9.52. The lowest BCUT2D eigenvalue weighted by Gasteiger charge is -2.23. The molecule has 0 spiro atoms. The van der Waals surface area contributed by atoms with Gasteiger partial charge in [-0.05, 0) is 54.2 Å². The first-order chi connectivity index (χ1) is 13.0. The highest BCUT2D eigenvalue weighted by molar-refractivity contribution is 5.75. The summed E-state index contributed by atoms with van der Waals surface area (Å²) in [7, 11) is 0. The van der Waals surface area contributed by atoms with Gasteiger partial charge in [0.25, 0.3) is 0 Å². The van der Waals surface area contributed by atoms with E-state index in [9.17, 15) is 9.18 Å². The third kappa shape index (κ3) is 5.98. The smallest absolute Gasteiger partial charge is 0.318 e. The second-order valence-electron chi connectivity index (χ2n) is 7.49. The van der Waals surface area contributed by atoms with Crippen molar-refractivity contribution in [3.8, 4) is 5.75 Å². The summed E-state index contributed by atoms with van der Waals surface area (Å²) >= 11 is 0. The number of hydrogen-bond donors (Lipinski definition) is 1. The maximum absolute atomic E-state index is 13.1. The molecule has 0 radical (unpaired) electrons. The lowest BCUT2D eigenvalue weighted by atomic mass is 10.2. The molecule has 27 heavy (non-hydrogen) atoms. The minimum atomic E-state index is -0.262. The summed E-state index contributed by atoms with van der Waals surface area (Å²) in [6.45, 7) is 5.88. The topological polar surface area (TPSA) is 41.6 Å². The summed E-state index contributed by atoms with van der Waals surface area (Å²) in [5.41, 5.74) is 1.96. The van der Waals surface area contributed by atoms with Crippen molar-refractivity contribution in [2.75, 3.05) is 6.61 Å². The van der Waals surface area contributed by atoms with E-state index in [1.165, 1.54) is 12.1 Å². The zero-order valence-electron chi connectivity index (χ0n) is 16.0. The molecule has 2 aromatic rings. The van der Waals surface area contributed by atoms with Crippen molar-refractivity contribution >= 4 is 6.03 Å². The molecule has 1 aliphatic rings. The first-order valence-corrected chi connectivity index (χ1v) is 9.52. The molecular weight excluding hydrogens is 343 g/mol. The zero-order valence-corrected chi connectivity index (χ0v) is 16.0. The summed E-state index contributed by atoms with van der Waals surface area (Å²) in [6, 6.07) is 14.3. The predicted octanol–water partition coefficient (Wildman–Crippen LogP) is 4.73. The SMILES string of the molecule is CC(C)COc1ccc(CNC(=O)N(Cc2ccc(F)cc2)C2CC2)cc1. The van der Waals surface area contributed by atoms with E-state index < -0.39 is 0 Å². The Morgan fingerprint density at radius 3 is 2.33 bits per heavy atom. The highest BCUT2D eigenvalue weighted by atomic mass is 19.1. The lowest BCUT2D eigenvalue weighted by molar-refractivity contribution is 0.191. The van der Waals surface area contributed by atoms with Gasteiger partial charge in [0.15, 0.2) is 0 Å². The normalized spacial score (nSPS) is 13.5. The number of amides is 2. The Morgan fingerprint density at radius 1 is 1.11 bits per heavy atom. The maximum atomic E-state index is 13.1. The van der Waals surface area contributed by atoms with Crippen LogP contribution < -0.4 is 10.1 Å². The second kappa shape index (κ2) is 8.89. The van der Waals surface area contributed by atoms with E-state index in [0.29, 0.717) is 25.6 Å². The van der Waals surface area contributed by atoms with Gasteiger partial charge in [-0.15, -0.1) is 0 Å². The Hall–Kier alpha value is -2.56. The van der Waals surface area contributed by atoms with Crippen LogP contribution in [0.15, 0.2) is 48.5 Å². The number of halogens is 1. The van der Waals surface area contributed by atoms with Gasteiger partial charge in [-0.25, -0.2) is 9.18 Å². The average Bonchev–Trinajstić information content (AvgIpc) is 3.50. The fourth-order valence-corrected chi connectivity index (χ4v) is 2.79. The first kappa shape index (κ1) is 19.2. The average molecular weight is 370 g/mol. The Labute approximate surface area is 160 Å². The van der Waals surface area contributed by atoms with E-state index in [1.54, 1.807) is 12.1 Å². The number of hydrogen-bond acceptors (Lipinski definition) is 2. The molecule has 0 heterocycles. The van der Waals surface area contributed by atoms with Gasteiger partial charge in [0.1, 0.15) is 11.6 Å². The van der Waals surface area contributed by atoms with Gasteiger partial charge in [-0.2, -0.15) is 0 Å². The molecule has 0 aromatic heterocycles. The number of benzene rings is 2. The van der Waals surface area contributed by atoms with Crippen LogP contribution in [0.2, 0.25) is 0 Å². The van der Waals surface area contributed by atoms with Gasteiger partial charge in [0, 0.05) is 19.1 Å². The van der Waals surface area contributed by atoms with Crippen LogP contribution in [-0.2, 0) is 13.1 Å². The van der Waals surface area contributed by atoms with Gasteiger partial charge in [-0.3, -0.25) is 0 Å². The Bertz CT molecular complexity index is 740. The monoisotopic (exact) mass is 370 g/mol. The predicted molar refractivity (Wildman–Crippen MR) is 104 cm³/mol. The number of rotatable bonds is 8. The summed E-state index contributed by atoms with van der Waals surface area (Å²) in [5, 5.41) is 2.99. The van der Waals surface area contributed by atoms with E-state index >= 15 is 0 Å². The third-order valence-corrected chi connectivity index (χ3v) is 4.47. The van der Waals surface area contributed by atoms with Crippen LogP contribution in [0.25, 0.3) is 0 Å². The quantitative estimate of drug-likeness (QED) is 0.729. The van der Waals surface area contributed by atoms with Gasteiger partial charge in [-0.1, -0.05) is 38.1 Å². The van der Waals surface area contributed by atoms with Crippen molar-refractivity contribution < 1.29 is 13.9 Å². The number of ether oxygens (including phenoxy) is 1. The van der Waals surface area contributed by atoms with Gasteiger partial charge in [0.2, 0.25) is 0 Å². The van der Waals surface area contributed by atoms with Crippen LogP contribution in [-0.4, -0.2) is 23.6 Å². The fourth-order valence-electron chi connectivity index (χ4n) is 2.79. The van der Waals surface area contributed by atoms with Crippen LogP contribution in [0.3, 0.4) is 0 Å². The lowest BCUT2D eigenvalue weighted by Crippen LogP contribution is -2.40. The number of carbonyl (C=O) groups is 1. The maximum Gasteiger partial charge on any atom is 0.318 e. The van der Waals surface area contributed by atoms with E-state index in [-0.39, 0.29) is 17.9 Å². The molecule has 4 nitrogen and oxygen atoms in total. The fraction of sp³-hybridized carbons (Fsp3) is 0.409. The molecule has 2 aromatic carbocycles. The van der Waals surface area contributed by atoms with E-state index in [2.05, 4.69) is 19.2 Å². The molecule has 0 saturated heterocycles. The molecule has 0 atom stereocenters. The molecule has 3 rings (SSSR count). The molecule has 1 fully saturated rings. The van der Waals surface area contributed by atoms with Gasteiger partial charge < -0.3 is 15.0 Å². The molecule has 1 aliphatic carbocycles. The van der Waals surface area contributed by atoms with E-state index in [1.807, 2.05) is 29.2 Å². The number of carbonyl (C=O) groups excluding carboxylic acids is 1. The van der Waals surface area contributed by atoms with Gasteiger partial charge in [0.05, 0.1) is 6.61 Å². The summed E-state index contributed by atoms with van der Waals surface area (Å²) < 4.78 is 18.8. The second-order valence-corrected chi connectivity index (χ2v) is 7.49. The molecule has 2 amide bonds. The third-order valence-electron chi connectivity index (χ3n) is 4.47. The van der Waals surface area contributed by atoms with Crippen LogP contribution in [0.5, 0.6) is 5.75 Å². The minimum Gasteiger partial charge on any atom is -0.493 e. The highest BCUT2D eigenvalue weighted by Crippen LogP contribution is 2.28. The molecular formula is C22H27FN2O2. The highest BCUT2D eigenvalue weighted by Gasteiger charge is 2.32. The summed E-state index contributed by atoms with van der Waals surface area (Å²) in [4.78, 5) is 14.5. The Kier molecular flexibility index (Phi) is 6.32. The minimum absolute atomic E-state index is 0.0815. The van der Waals surface area contributed by atoms with Gasteiger partial charge >= 0.3 is 6.03 Å². The summed E-state index contributed by atoms with van der Waals surface area (Å²) in [5.74, 6) is 1.06. The van der Waals surface area contributed by atoms with Crippen LogP contribution >= 0.6 is 0 Å². The molecule has 1 N–H and O–H groups in total. The van der Waals surface area contributed by atoms with Crippen molar-refractivity contribution in [1.82, 2.24) is 10.2 Å². The number of nitrogens with one attached hydrogen (secondary N) is 1. The van der Waals surface area contributed by atoms with Crippen LogP contribution in [0.4, 0.5) is 9.18 Å². The molecule has 0 unspecified atom stereocenters. The van der Waals surface area contributed by atoms with Crippen molar-refractivity contribution in [2.24, 2.45) is 5.92 Å². The molecule has 1 saturated carbocycles. The standard InChI is InChI=1S/C22H27FN2O2/c1-16(2)15-27-21-11-5-17(6-12-21)13-24-22(26)25(20-9-10-20)14-18-3-7-19(23)8-4-18/h3-8,11-12,16,20H,9-10,13-15H2,1-2H3,(H,24,26). The largest absolute Gasteiger partial charge is 0.493 e. The molecule has 0 aliphatic heterocycles. The number of nitrogens with zero attached hydrogens (tertiary/aromatic N) is 1. The van der Waals surface area contributed by atoms with Crippen LogP contribution in [0.1, 0.15) is 37.8 Å². The van der Waals surface area contributed by atoms with Crippen LogP contribution in [0, 0.1) is 11.7 Å². The van der Waals surface area contributed by atoms with Crippen molar-refractivity contribution in [2.45, 2.75) is 45.8 Å². The van der Waals surface area contributed by atoms with Crippen molar-refractivity contribution in [3.63, 3.8) is 0 Å². The van der Waals surface area contributed by atoms with E-state index in [4.69, 9.17) is 4.74 Å². The molecule has 144 valence electrons. The van der Waals surface area contributed by atoms with Crippen molar-refractivity contribution in [3.05, 3.63) is 65.5 Å². The van der Waals surface area contributed by atoms with E-state index in [0.717, 1.165) is 29.7 Å². The number of urea groups is 1. The Balaban J connectivity index is 1.52. The molecule has 0 bridgehead atoms.